The molecule has 1 heterocycles. The zero-order valence-electron chi connectivity index (χ0n) is 15.1. The van der Waals surface area contributed by atoms with E-state index in [1.165, 1.54) is 0 Å². The van der Waals surface area contributed by atoms with E-state index in [4.69, 9.17) is 4.74 Å². The quantitative estimate of drug-likeness (QED) is 0.740. The lowest BCUT2D eigenvalue weighted by molar-refractivity contribution is -0.137. The monoisotopic (exact) mass is 330 g/mol. The first kappa shape index (κ1) is 15.3. The van der Waals surface area contributed by atoms with Gasteiger partial charge in [0.2, 0.25) is 0 Å². The van der Waals surface area contributed by atoms with Crippen molar-refractivity contribution in [2.75, 3.05) is 0 Å². The number of hydrogen-bond acceptors (Lipinski definition) is 4. The largest absolute Gasteiger partial charge is 0.389 e. The molecule has 2 bridgehead atoms. The lowest BCUT2D eigenvalue weighted by atomic mass is 9.57. The van der Waals surface area contributed by atoms with Gasteiger partial charge < -0.3 is 9.84 Å². The van der Waals surface area contributed by atoms with Gasteiger partial charge in [-0.1, -0.05) is 27.7 Å². The molecule has 5 unspecified atom stereocenters. The molecule has 8 atom stereocenters. The first-order valence-electron chi connectivity index (χ1n) is 9.24. The van der Waals surface area contributed by atoms with Crippen LogP contribution in [0.15, 0.2) is 11.6 Å². The number of allylic oxidation sites excluding steroid dienone is 1. The van der Waals surface area contributed by atoms with Crippen molar-refractivity contribution in [2.45, 2.75) is 64.8 Å². The number of rotatable bonds is 0. The maximum Gasteiger partial charge on any atom is 0.162 e. The lowest BCUT2D eigenvalue weighted by Gasteiger charge is -2.43. The van der Waals surface area contributed by atoms with E-state index >= 15 is 0 Å². The average molecular weight is 330 g/mol. The van der Waals surface area contributed by atoms with Gasteiger partial charge >= 0.3 is 0 Å². The molecule has 24 heavy (non-hydrogen) atoms. The highest BCUT2D eigenvalue weighted by Crippen LogP contribution is 2.81. The molecule has 5 aliphatic rings. The first-order chi connectivity index (χ1) is 11.0. The number of hydrogen-bond donors (Lipinski definition) is 1. The zero-order chi connectivity index (χ0) is 17.4. The normalized spacial score (nSPS) is 59.6. The molecule has 0 aromatic heterocycles. The lowest BCUT2D eigenvalue weighted by Crippen LogP contribution is -2.54. The summed E-state index contributed by atoms with van der Waals surface area (Å²) >= 11 is 0. The zero-order valence-corrected chi connectivity index (χ0v) is 15.1. The Bertz CT molecular complexity index is 736. The topological polar surface area (TPSA) is 63.6 Å². The van der Waals surface area contributed by atoms with Crippen LogP contribution in [0.4, 0.5) is 0 Å². The Morgan fingerprint density at radius 2 is 1.83 bits per heavy atom. The predicted octanol–water partition coefficient (Wildman–Crippen LogP) is 2.29. The number of ether oxygens (including phenoxy) is 1. The average Bonchev–Trinajstić information content (AvgIpc) is 2.74. The Morgan fingerprint density at radius 3 is 2.50 bits per heavy atom. The summed E-state index contributed by atoms with van der Waals surface area (Å²) in [5.41, 5.74) is -1.60. The van der Waals surface area contributed by atoms with Crippen LogP contribution in [0.2, 0.25) is 0 Å². The van der Waals surface area contributed by atoms with Crippen LogP contribution >= 0.6 is 0 Å². The van der Waals surface area contributed by atoms with Crippen LogP contribution in [-0.4, -0.2) is 34.0 Å². The minimum Gasteiger partial charge on any atom is -0.389 e. The molecule has 0 aromatic rings. The van der Waals surface area contributed by atoms with Crippen LogP contribution in [0.1, 0.15) is 47.5 Å². The van der Waals surface area contributed by atoms with E-state index in [0.29, 0.717) is 12.0 Å². The second-order valence-electron chi connectivity index (χ2n) is 9.78. The van der Waals surface area contributed by atoms with Crippen molar-refractivity contribution < 1.29 is 19.4 Å². The first-order valence-corrected chi connectivity index (χ1v) is 9.24. The molecule has 0 amide bonds. The van der Waals surface area contributed by atoms with Crippen molar-refractivity contribution in [1.82, 2.24) is 0 Å². The van der Waals surface area contributed by atoms with Crippen LogP contribution in [0, 0.1) is 34.5 Å². The van der Waals surface area contributed by atoms with E-state index in [0.717, 1.165) is 6.42 Å². The van der Waals surface area contributed by atoms with Gasteiger partial charge in [-0.25, -0.2) is 0 Å². The van der Waals surface area contributed by atoms with Crippen LogP contribution < -0.4 is 0 Å². The number of carbonyl (C=O) groups is 2. The van der Waals surface area contributed by atoms with E-state index in [9.17, 15) is 14.7 Å². The summed E-state index contributed by atoms with van der Waals surface area (Å²) in [5.74, 6) is -0.0366. The molecule has 4 fully saturated rings. The van der Waals surface area contributed by atoms with E-state index in [-0.39, 0.29) is 40.7 Å². The summed E-state index contributed by atoms with van der Waals surface area (Å²) in [6.07, 6.45) is 2.42. The highest BCUT2D eigenvalue weighted by atomic mass is 16.6. The van der Waals surface area contributed by atoms with Crippen LogP contribution in [0.3, 0.4) is 0 Å². The van der Waals surface area contributed by atoms with Crippen molar-refractivity contribution in [1.29, 1.82) is 0 Å². The van der Waals surface area contributed by atoms with Crippen molar-refractivity contribution in [3.05, 3.63) is 11.6 Å². The van der Waals surface area contributed by atoms with Gasteiger partial charge in [0, 0.05) is 28.7 Å². The third-order valence-electron chi connectivity index (χ3n) is 8.33. The van der Waals surface area contributed by atoms with Crippen LogP contribution in [0.5, 0.6) is 0 Å². The molecule has 2 spiro atoms. The molecule has 1 aliphatic heterocycles. The molecular weight excluding hydrogens is 304 g/mol. The standard InChI is InChI=1S/C20H26O4/c1-9-6-12-17(3,4)20(12)14-16(23)18(5,24-20)8-11-13(21)10(2)7-19(11,14)15(9)22/h8-10,12,14,16,23H,6-7H2,1-5H3/t9-,10+,12?,14?,16?,18-,19?,20?/m1/s1. The molecule has 5 rings (SSSR count). The minimum atomic E-state index is -0.851. The Morgan fingerprint density at radius 1 is 1.17 bits per heavy atom. The van der Waals surface area contributed by atoms with E-state index in [1.807, 2.05) is 26.8 Å². The molecule has 0 radical (unpaired) electrons. The maximum atomic E-state index is 13.5. The summed E-state index contributed by atoms with van der Waals surface area (Å²) in [5, 5.41) is 11.2. The highest BCUT2D eigenvalue weighted by molar-refractivity contribution is 6.10. The van der Waals surface area contributed by atoms with E-state index in [2.05, 4.69) is 13.8 Å². The van der Waals surface area contributed by atoms with Gasteiger partial charge in [-0.2, -0.15) is 0 Å². The number of fused-ring (bicyclic) bond motifs is 1. The number of ketones is 2. The van der Waals surface area contributed by atoms with Gasteiger partial charge in [0.05, 0.1) is 17.1 Å². The fourth-order valence-electron chi connectivity index (χ4n) is 7.20. The second-order valence-corrected chi connectivity index (χ2v) is 9.78. The summed E-state index contributed by atoms with van der Waals surface area (Å²) < 4.78 is 6.59. The Labute approximate surface area is 142 Å². The number of aliphatic hydroxyl groups excluding tert-OH is 1. The Balaban J connectivity index is 1.85. The van der Waals surface area contributed by atoms with E-state index in [1.54, 1.807) is 0 Å². The van der Waals surface area contributed by atoms with Gasteiger partial charge in [-0.3, -0.25) is 9.59 Å². The molecule has 4 nitrogen and oxygen atoms in total. The minimum absolute atomic E-state index is 0.0729. The second kappa shape index (κ2) is 3.73. The van der Waals surface area contributed by atoms with E-state index < -0.39 is 22.7 Å². The highest BCUT2D eigenvalue weighted by Gasteiger charge is 2.88. The summed E-state index contributed by atoms with van der Waals surface area (Å²) in [6.45, 7) is 10.2. The number of carbonyl (C=O) groups excluding carboxylic acids is 2. The third kappa shape index (κ3) is 1.19. The predicted molar refractivity (Wildman–Crippen MR) is 87.1 cm³/mol. The maximum absolute atomic E-state index is 13.5. The van der Waals surface area contributed by atoms with Crippen LogP contribution in [0.25, 0.3) is 0 Å². The molecule has 1 N–H and O–H groups in total. The Kier molecular flexibility index (Phi) is 2.37. The summed E-state index contributed by atoms with van der Waals surface area (Å²) in [6, 6.07) is 0. The van der Waals surface area contributed by atoms with Crippen molar-refractivity contribution >= 4 is 11.6 Å². The van der Waals surface area contributed by atoms with Gasteiger partial charge in [-0.15, -0.1) is 0 Å². The fraction of sp³-hybridized carbons (Fsp3) is 0.800. The van der Waals surface area contributed by atoms with Crippen molar-refractivity contribution in [3.8, 4) is 0 Å². The van der Waals surface area contributed by atoms with Crippen LogP contribution in [-0.2, 0) is 14.3 Å². The Hall–Kier alpha value is -1.00. The molecule has 130 valence electrons. The molecule has 3 saturated carbocycles. The number of Topliss-reactive ketones (excluding diaryl/α,β-unsaturated/α-hetero) is 2. The third-order valence-corrected chi connectivity index (χ3v) is 8.33. The molecule has 4 heteroatoms. The van der Waals surface area contributed by atoms with Crippen molar-refractivity contribution in [3.63, 3.8) is 0 Å². The van der Waals surface area contributed by atoms with Gasteiger partial charge in [0.25, 0.3) is 0 Å². The van der Waals surface area contributed by atoms with Gasteiger partial charge in [0.15, 0.2) is 5.78 Å². The number of aliphatic hydroxyl groups is 1. The smallest absolute Gasteiger partial charge is 0.162 e. The van der Waals surface area contributed by atoms with Gasteiger partial charge in [-0.05, 0) is 31.8 Å². The molecule has 1 saturated heterocycles. The fourth-order valence-corrected chi connectivity index (χ4v) is 7.20. The van der Waals surface area contributed by atoms with Crippen molar-refractivity contribution in [2.24, 2.45) is 34.5 Å². The molecular formula is C20H26O4. The van der Waals surface area contributed by atoms with Gasteiger partial charge in [0.1, 0.15) is 11.4 Å². The SMILES string of the molecule is C[C@@H]1CC2C(C)(C)C23O[C@]2(C)C=C4C(=O)[C@@H](C)CC4(C1=O)C3C2O. The molecule has 4 aliphatic carbocycles. The summed E-state index contributed by atoms with van der Waals surface area (Å²) in [4.78, 5) is 26.4. The molecule has 0 aromatic carbocycles. The summed E-state index contributed by atoms with van der Waals surface area (Å²) in [7, 11) is 0.